The molecule has 0 aliphatic carbocycles. The van der Waals surface area contributed by atoms with Crippen LogP contribution in [0.3, 0.4) is 0 Å². The molecule has 3 aromatic rings. The van der Waals surface area contributed by atoms with Crippen LogP contribution < -0.4 is 0 Å². The minimum absolute atomic E-state index is 0.508. The number of aryl methyl sites for hydroxylation is 1. The van der Waals surface area contributed by atoms with E-state index >= 15 is 0 Å². The van der Waals surface area contributed by atoms with Crippen LogP contribution in [0.1, 0.15) is 10.4 Å². The molecule has 0 bridgehead atoms. The Labute approximate surface area is 111 Å². The van der Waals surface area contributed by atoms with Gasteiger partial charge < -0.3 is 4.98 Å². The van der Waals surface area contributed by atoms with Gasteiger partial charge in [0, 0.05) is 27.5 Å². The maximum atomic E-state index is 12.6. The van der Waals surface area contributed by atoms with E-state index in [2.05, 4.69) is 4.98 Å². The van der Waals surface area contributed by atoms with Gasteiger partial charge in [-0.15, -0.1) is 11.3 Å². The fraction of sp³-hybridized carbons (Fsp3) is 0.143. The highest BCUT2D eigenvalue weighted by Gasteiger charge is 2.30. The van der Waals surface area contributed by atoms with Gasteiger partial charge >= 0.3 is 6.18 Å². The maximum Gasteiger partial charge on any atom is 0.416 e. The largest absolute Gasteiger partial charge is 0.416 e. The summed E-state index contributed by atoms with van der Waals surface area (Å²) in [6, 6.07) is 5.83. The number of fused-ring (bicyclic) bond motifs is 1. The highest BCUT2D eigenvalue weighted by atomic mass is 32.1. The van der Waals surface area contributed by atoms with E-state index in [0.29, 0.717) is 5.52 Å². The molecule has 0 saturated carbocycles. The number of nitrogens with one attached hydrogen (secondary N) is 1. The Kier molecular flexibility index (Phi) is 2.67. The van der Waals surface area contributed by atoms with Crippen molar-refractivity contribution in [3.8, 4) is 11.1 Å². The van der Waals surface area contributed by atoms with Gasteiger partial charge in [-0.3, -0.25) is 0 Å². The lowest BCUT2D eigenvalue weighted by molar-refractivity contribution is -0.137. The number of aromatic amines is 1. The lowest BCUT2D eigenvalue weighted by atomic mass is 10.1. The van der Waals surface area contributed by atoms with Gasteiger partial charge in [-0.2, -0.15) is 13.2 Å². The molecule has 0 spiro atoms. The van der Waals surface area contributed by atoms with Gasteiger partial charge in [0.2, 0.25) is 0 Å². The normalized spacial score (nSPS) is 12.2. The van der Waals surface area contributed by atoms with E-state index in [4.69, 9.17) is 0 Å². The SMILES string of the molecule is Cc1cc(-c2c[nH]c3cc(C(F)(F)F)ccc23)cs1. The Balaban J connectivity index is 2.15. The third-order valence-corrected chi connectivity index (χ3v) is 3.91. The summed E-state index contributed by atoms with van der Waals surface area (Å²) in [6.07, 6.45) is -2.55. The summed E-state index contributed by atoms with van der Waals surface area (Å²) in [5, 5.41) is 2.82. The molecule has 1 nitrogen and oxygen atoms in total. The highest BCUT2D eigenvalue weighted by Crippen LogP contribution is 2.35. The maximum absolute atomic E-state index is 12.6. The molecular weight excluding hydrogens is 271 g/mol. The molecule has 0 aliphatic rings. The molecule has 0 saturated heterocycles. The van der Waals surface area contributed by atoms with E-state index in [9.17, 15) is 13.2 Å². The number of rotatable bonds is 1. The molecule has 98 valence electrons. The monoisotopic (exact) mass is 281 g/mol. The Bertz CT molecular complexity index is 737. The number of hydrogen-bond donors (Lipinski definition) is 1. The van der Waals surface area contributed by atoms with E-state index in [-0.39, 0.29) is 0 Å². The predicted molar refractivity (Wildman–Crippen MR) is 71.4 cm³/mol. The summed E-state index contributed by atoms with van der Waals surface area (Å²) in [4.78, 5) is 4.09. The summed E-state index contributed by atoms with van der Waals surface area (Å²) in [5.41, 5.74) is 1.85. The Morgan fingerprint density at radius 1 is 1.16 bits per heavy atom. The van der Waals surface area contributed by atoms with Gasteiger partial charge in [0.15, 0.2) is 0 Å². The Morgan fingerprint density at radius 3 is 2.58 bits per heavy atom. The van der Waals surface area contributed by atoms with Crippen molar-refractivity contribution in [3.05, 3.63) is 46.3 Å². The van der Waals surface area contributed by atoms with Gasteiger partial charge in [-0.05, 0) is 36.1 Å². The molecule has 0 amide bonds. The van der Waals surface area contributed by atoms with Crippen LogP contribution in [0.4, 0.5) is 13.2 Å². The number of alkyl halides is 3. The van der Waals surface area contributed by atoms with E-state index in [0.717, 1.165) is 28.6 Å². The molecule has 1 aromatic carbocycles. The van der Waals surface area contributed by atoms with E-state index in [1.165, 1.54) is 10.9 Å². The summed E-state index contributed by atoms with van der Waals surface area (Å²) < 4.78 is 37.9. The number of benzene rings is 1. The Hall–Kier alpha value is -1.75. The fourth-order valence-electron chi connectivity index (χ4n) is 2.13. The minimum atomic E-state index is -4.31. The lowest BCUT2D eigenvalue weighted by Gasteiger charge is -2.06. The van der Waals surface area contributed by atoms with Crippen LogP contribution in [0.5, 0.6) is 0 Å². The second kappa shape index (κ2) is 4.13. The zero-order chi connectivity index (χ0) is 13.6. The van der Waals surface area contributed by atoms with Crippen molar-refractivity contribution in [2.45, 2.75) is 13.1 Å². The zero-order valence-electron chi connectivity index (χ0n) is 10.0. The van der Waals surface area contributed by atoms with Crippen molar-refractivity contribution < 1.29 is 13.2 Å². The van der Waals surface area contributed by atoms with E-state index in [1.807, 2.05) is 18.4 Å². The van der Waals surface area contributed by atoms with Crippen LogP contribution in [0.2, 0.25) is 0 Å². The van der Waals surface area contributed by atoms with Crippen molar-refractivity contribution in [1.29, 1.82) is 0 Å². The molecule has 0 fully saturated rings. The van der Waals surface area contributed by atoms with Crippen molar-refractivity contribution in [3.63, 3.8) is 0 Å². The molecular formula is C14H10F3NS. The third kappa shape index (κ3) is 2.14. The first-order chi connectivity index (χ1) is 8.95. The molecule has 0 aliphatic heterocycles. The summed E-state index contributed by atoms with van der Waals surface area (Å²) in [7, 11) is 0. The van der Waals surface area contributed by atoms with Crippen LogP contribution in [0.25, 0.3) is 22.0 Å². The Morgan fingerprint density at radius 2 is 1.95 bits per heavy atom. The quantitative estimate of drug-likeness (QED) is 0.629. The molecule has 1 N–H and O–H groups in total. The molecule has 5 heteroatoms. The summed E-state index contributed by atoms with van der Waals surface area (Å²) in [6.45, 7) is 2.00. The number of thiophene rings is 1. The first kappa shape index (κ1) is 12.3. The second-order valence-corrected chi connectivity index (χ2v) is 5.52. The predicted octanol–water partition coefficient (Wildman–Crippen LogP) is 5.22. The second-order valence-electron chi connectivity index (χ2n) is 4.41. The standard InChI is InChI=1S/C14H10F3NS/c1-8-4-9(7-19-8)12-6-18-13-5-10(14(15,16)17)2-3-11(12)13/h2-7,18H,1H3. The lowest BCUT2D eigenvalue weighted by Crippen LogP contribution is -2.04. The molecule has 2 aromatic heterocycles. The fourth-order valence-corrected chi connectivity index (χ4v) is 2.83. The van der Waals surface area contributed by atoms with Crippen LogP contribution in [0, 0.1) is 6.92 Å². The number of aromatic nitrogens is 1. The van der Waals surface area contributed by atoms with E-state index < -0.39 is 11.7 Å². The van der Waals surface area contributed by atoms with Gasteiger partial charge in [0.25, 0.3) is 0 Å². The van der Waals surface area contributed by atoms with Gasteiger partial charge in [0.1, 0.15) is 0 Å². The number of hydrogen-bond acceptors (Lipinski definition) is 1. The molecule has 0 atom stereocenters. The minimum Gasteiger partial charge on any atom is -0.361 e. The van der Waals surface area contributed by atoms with Gasteiger partial charge in [0.05, 0.1) is 5.56 Å². The zero-order valence-corrected chi connectivity index (χ0v) is 10.8. The molecule has 0 radical (unpaired) electrons. The van der Waals surface area contributed by atoms with Crippen LogP contribution in [-0.4, -0.2) is 4.98 Å². The van der Waals surface area contributed by atoms with E-state index in [1.54, 1.807) is 17.5 Å². The molecule has 19 heavy (non-hydrogen) atoms. The van der Waals surface area contributed by atoms with Crippen molar-refractivity contribution >= 4 is 22.2 Å². The average molecular weight is 281 g/mol. The number of halogens is 3. The van der Waals surface area contributed by atoms with Crippen molar-refractivity contribution in [2.75, 3.05) is 0 Å². The molecule has 0 unspecified atom stereocenters. The number of H-pyrrole nitrogens is 1. The van der Waals surface area contributed by atoms with Gasteiger partial charge in [-0.25, -0.2) is 0 Å². The van der Waals surface area contributed by atoms with Crippen LogP contribution in [-0.2, 0) is 6.18 Å². The average Bonchev–Trinajstić information content (AvgIpc) is 2.92. The van der Waals surface area contributed by atoms with Crippen molar-refractivity contribution in [1.82, 2.24) is 4.98 Å². The van der Waals surface area contributed by atoms with Crippen LogP contribution in [0.15, 0.2) is 35.8 Å². The smallest absolute Gasteiger partial charge is 0.361 e. The first-order valence-corrected chi connectivity index (χ1v) is 6.57. The highest BCUT2D eigenvalue weighted by molar-refractivity contribution is 7.10. The van der Waals surface area contributed by atoms with Gasteiger partial charge in [-0.1, -0.05) is 6.07 Å². The van der Waals surface area contributed by atoms with Crippen LogP contribution >= 0.6 is 11.3 Å². The third-order valence-electron chi connectivity index (χ3n) is 3.05. The topological polar surface area (TPSA) is 15.8 Å². The summed E-state index contributed by atoms with van der Waals surface area (Å²) >= 11 is 1.62. The van der Waals surface area contributed by atoms with Crippen molar-refractivity contribution in [2.24, 2.45) is 0 Å². The molecule has 2 heterocycles. The first-order valence-electron chi connectivity index (χ1n) is 5.69. The summed E-state index contributed by atoms with van der Waals surface area (Å²) in [5.74, 6) is 0. The molecule has 3 rings (SSSR count).